The van der Waals surface area contributed by atoms with Crippen LogP contribution in [-0.4, -0.2) is 30.3 Å². The number of aliphatic hydroxyl groups is 1. The number of fused-ring (bicyclic) bond motifs is 3. The van der Waals surface area contributed by atoms with Gasteiger partial charge in [-0.15, -0.1) is 0 Å². The maximum absolute atomic E-state index is 9.96. The van der Waals surface area contributed by atoms with Crippen molar-refractivity contribution in [3.05, 3.63) is 30.7 Å². The van der Waals surface area contributed by atoms with E-state index in [2.05, 4.69) is 9.97 Å². The highest BCUT2D eigenvalue weighted by molar-refractivity contribution is 6.02. The summed E-state index contributed by atoms with van der Waals surface area (Å²) in [5, 5.41) is 20.4. The number of aromatic nitrogens is 3. The normalized spacial score (nSPS) is 12.4. The summed E-state index contributed by atoms with van der Waals surface area (Å²) in [6, 6.07) is 5.05. The summed E-state index contributed by atoms with van der Waals surface area (Å²) in [5.41, 5.74) is 1.59. The Morgan fingerprint density at radius 1 is 1.21 bits per heavy atom. The van der Waals surface area contributed by atoms with Gasteiger partial charge in [0.1, 0.15) is 11.3 Å². The van der Waals surface area contributed by atoms with E-state index in [0.29, 0.717) is 6.54 Å². The van der Waals surface area contributed by atoms with Crippen LogP contribution in [0, 0.1) is 0 Å². The molecule has 5 heteroatoms. The Morgan fingerprint density at radius 2 is 2.00 bits per heavy atom. The molecule has 1 aromatic carbocycles. The Bertz CT molecular complexity index is 756. The minimum absolute atomic E-state index is 0.192. The Labute approximate surface area is 110 Å². The van der Waals surface area contributed by atoms with Crippen LogP contribution in [0.4, 0.5) is 0 Å². The summed E-state index contributed by atoms with van der Waals surface area (Å²) in [6.07, 6.45) is 3.39. The quantitative estimate of drug-likeness (QED) is 0.737. The molecule has 0 atom stereocenters. The lowest BCUT2D eigenvalue weighted by Crippen LogP contribution is -2.25. The molecule has 0 saturated carbocycles. The van der Waals surface area contributed by atoms with Crippen molar-refractivity contribution in [2.24, 2.45) is 0 Å². The van der Waals surface area contributed by atoms with Gasteiger partial charge in [-0.25, -0.2) is 4.98 Å². The fourth-order valence-electron chi connectivity index (χ4n) is 2.28. The molecule has 3 aromatic rings. The largest absolute Gasteiger partial charge is 0.508 e. The van der Waals surface area contributed by atoms with Crippen LogP contribution in [0.15, 0.2) is 30.7 Å². The van der Waals surface area contributed by atoms with Crippen LogP contribution in [0.3, 0.4) is 0 Å². The van der Waals surface area contributed by atoms with Gasteiger partial charge >= 0.3 is 0 Å². The zero-order valence-corrected chi connectivity index (χ0v) is 10.8. The Balaban J connectivity index is 2.32. The zero-order chi connectivity index (χ0) is 13.6. The molecule has 2 N–H and O–H groups in total. The number of pyridine rings is 1. The number of nitrogens with zero attached hydrogens (tertiary/aromatic N) is 3. The van der Waals surface area contributed by atoms with E-state index in [0.717, 1.165) is 21.9 Å². The Hall–Kier alpha value is -2.14. The summed E-state index contributed by atoms with van der Waals surface area (Å²) in [4.78, 5) is 8.60. The maximum atomic E-state index is 9.96. The molecule has 0 spiro atoms. The summed E-state index contributed by atoms with van der Waals surface area (Å²) < 4.78 is 1.89. The van der Waals surface area contributed by atoms with Gasteiger partial charge in [-0.05, 0) is 32.0 Å². The fourth-order valence-corrected chi connectivity index (χ4v) is 2.28. The van der Waals surface area contributed by atoms with E-state index in [-0.39, 0.29) is 5.75 Å². The van der Waals surface area contributed by atoms with Crippen molar-refractivity contribution in [3.63, 3.8) is 0 Å². The molecule has 0 aliphatic carbocycles. The summed E-state index contributed by atoms with van der Waals surface area (Å²) >= 11 is 0. The number of phenolic OH excluding ortho intramolecular Hbond substituents is 1. The highest BCUT2D eigenvalue weighted by Crippen LogP contribution is 2.26. The summed E-state index contributed by atoms with van der Waals surface area (Å²) in [6.45, 7) is 3.93. The van der Waals surface area contributed by atoms with E-state index in [1.807, 2.05) is 4.57 Å². The van der Waals surface area contributed by atoms with Crippen molar-refractivity contribution < 1.29 is 10.2 Å². The lowest BCUT2D eigenvalue weighted by atomic mass is 10.1. The van der Waals surface area contributed by atoms with E-state index in [9.17, 15) is 10.2 Å². The molecule has 3 rings (SSSR count). The predicted octanol–water partition coefficient (Wildman–Crippen LogP) is 2.06. The first-order valence-corrected chi connectivity index (χ1v) is 6.09. The number of imidazole rings is 1. The van der Waals surface area contributed by atoms with Gasteiger partial charge in [0.25, 0.3) is 0 Å². The van der Waals surface area contributed by atoms with Crippen LogP contribution in [0.5, 0.6) is 5.75 Å². The number of aromatic hydroxyl groups is 1. The molecule has 0 unspecified atom stereocenters. The van der Waals surface area contributed by atoms with Gasteiger partial charge in [-0.3, -0.25) is 4.98 Å². The lowest BCUT2D eigenvalue weighted by Gasteiger charge is -2.18. The minimum atomic E-state index is -0.833. The van der Waals surface area contributed by atoms with Gasteiger partial charge in [0.05, 0.1) is 35.7 Å². The molecule has 0 saturated heterocycles. The number of hydrogen-bond donors (Lipinski definition) is 2. The molecule has 0 radical (unpaired) electrons. The molecule has 0 fully saturated rings. The highest BCUT2D eigenvalue weighted by atomic mass is 16.3. The summed E-state index contributed by atoms with van der Waals surface area (Å²) in [5.74, 6) is 0.192. The number of benzene rings is 1. The average molecular weight is 257 g/mol. The Morgan fingerprint density at radius 3 is 2.74 bits per heavy atom. The third kappa shape index (κ3) is 2.13. The van der Waals surface area contributed by atoms with Crippen molar-refractivity contribution in [3.8, 4) is 5.75 Å². The van der Waals surface area contributed by atoms with Crippen LogP contribution < -0.4 is 0 Å². The van der Waals surface area contributed by atoms with Crippen LogP contribution >= 0.6 is 0 Å². The SMILES string of the molecule is CC(C)(O)Cn1cnc2cnc3ccc(O)cc3c21. The number of hydrogen-bond acceptors (Lipinski definition) is 4. The molecular weight excluding hydrogens is 242 g/mol. The van der Waals surface area contributed by atoms with E-state index < -0.39 is 5.60 Å². The van der Waals surface area contributed by atoms with Crippen LogP contribution in [0.25, 0.3) is 21.9 Å². The fraction of sp³-hybridized carbons (Fsp3) is 0.286. The van der Waals surface area contributed by atoms with Gasteiger partial charge in [0.15, 0.2) is 0 Å². The number of phenols is 1. The van der Waals surface area contributed by atoms with Gasteiger partial charge in [-0.2, -0.15) is 0 Å². The molecule has 2 aromatic heterocycles. The third-order valence-electron chi connectivity index (χ3n) is 2.98. The monoisotopic (exact) mass is 257 g/mol. The smallest absolute Gasteiger partial charge is 0.116 e. The van der Waals surface area contributed by atoms with Crippen molar-refractivity contribution in [1.82, 2.24) is 14.5 Å². The second kappa shape index (κ2) is 3.93. The maximum Gasteiger partial charge on any atom is 0.116 e. The van der Waals surface area contributed by atoms with Gasteiger partial charge < -0.3 is 14.8 Å². The average Bonchev–Trinajstić information content (AvgIpc) is 2.70. The topological polar surface area (TPSA) is 71.2 Å². The molecular formula is C14H15N3O2. The number of rotatable bonds is 2. The van der Waals surface area contributed by atoms with Crippen LogP contribution in [0.2, 0.25) is 0 Å². The molecule has 2 heterocycles. The third-order valence-corrected chi connectivity index (χ3v) is 2.98. The first-order valence-electron chi connectivity index (χ1n) is 6.09. The van der Waals surface area contributed by atoms with Gasteiger partial charge in [0.2, 0.25) is 0 Å². The van der Waals surface area contributed by atoms with E-state index >= 15 is 0 Å². The molecule has 5 nitrogen and oxygen atoms in total. The van der Waals surface area contributed by atoms with Crippen molar-refractivity contribution >= 4 is 21.9 Å². The van der Waals surface area contributed by atoms with E-state index in [1.165, 1.54) is 0 Å². The molecule has 98 valence electrons. The summed E-state index contributed by atoms with van der Waals surface area (Å²) in [7, 11) is 0. The second-order valence-electron chi connectivity index (χ2n) is 5.38. The lowest BCUT2D eigenvalue weighted by molar-refractivity contribution is 0.0627. The minimum Gasteiger partial charge on any atom is -0.508 e. The van der Waals surface area contributed by atoms with Gasteiger partial charge in [-0.1, -0.05) is 0 Å². The van der Waals surface area contributed by atoms with Crippen LogP contribution in [0.1, 0.15) is 13.8 Å². The highest BCUT2D eigenvalue weighted by Gasteiger charge is 2.16. The first-order chi connectivity index (χ1) is 8.94. The zero-order valence-electron chi connectivity index (χ0n) is 10.8. The first kappa shape index (κ1) is 11.9. The van der Waals surface area contributed by atoms with E-state index in [4.69, 9.17) is 0 Å². The van der Waals surface area contributed by atoms with Crippen molar-refractivity contribution in [1.29, 1.82) is 0 Å². The molecule has 0 bridgehead atoms. The molecule has 0 aliphatic rings. The Kier molecular flexibility index (Phi) is 2.46. The van der Waals surface area contributed by atoms with Crippen LogP contribution in [-0.2, 0) is 6.54 Å². The molecule has 0 amide bonds. The second-order valence-corrected chi connectivity index (χ2v) is 5.38. The van der Waals surface area contributed by atoms with Crippen molar-refractivity contribution in [2.75, 3.05) is 0 Å². The van der Waals surface area contributed by atoms with Crippen molar-refractivity contribution in [2.45, 2.75) is 26.0 Å². The van der Waals surface area contributed by atoms with E-state index in [1.54, 1.807) is 44.6 Å². The molecule has 0 aliphatic heterocycles. The predicted molar refractivity (Wildman–Crippen MR) is 73.0 cm³/mol. The molecule has 19 heavy (non-hydrogen) atoms. The van der Waals surface area contributed by atoms with Gasteiger partial charge in [0, 0.05) is 5.39 Å². The standard InChI is InChI=1S/C14H15N3O2/c1-14(2,19)7-17-8-16-12-6-15-11-4-3-9(18)5-10(11)13(12)17/h3-6,8,18-19H,7H2,1-2H3.